The van der Waals surface area contributed by atoms with Gasteiger partial charge in [0.2, 0.25) is 0 Å². The average molecular weight is 248 g/mol. The van der Waals surface area contributed by atoms with Gasteiger partial charge in [0.05, 0.1) is 7.11 Å². The van der Waals surface area contributed by atoms with Crippen molar-refractivity contribution in [2.75, 3.05) is 12.4 Å². The molecule has 0 saturated heterocycles. The Morgan fingerprint density at radius 3 is 2.88 bits per heavy atom. The van der Waals surface area contributed by atoms with Gasteiger partial charge in [-0.3, -0.25) is 0 Å². The normalized spacial score (nSPS) is 10.3. The molecule has 2 aromatic rings. The minimum absolute atomic E-state index is 0.852. The minimum Gasteiger partial charge on any atom is -0.497 e. The summed E-state index contributed by atoms with van der Waals surface area (Å²) in [5, 5.41) is 4.26. The number of ether oxygens (including phenoxy) is 1. The molecule has 17 heavy (non-hydrogen) atoms. The number of nitrogens with one attached hydrogen (secondary N) is 1. The summed E-state index contributed by atoms with van der Waals surface area (Å²) in [4.78, 5) is 5.63. The number of thiazole rings is 1. The summed E-state index contributed by atoms with van der Waals surface area (Å²) in [5.41, 5.74) is 2.22. The van der Waals surface area contributed by atoms with Crippen molar-refractivity contribution in [1.29, 1.82) is 0 Å². The molecule has 0 radical (unpaired) electrons. The second-order valence-electron chi connectivity index (χ2n) is 3.79. The Morgan fingerprint density at radius 2 is 2.24 bits per heavy atom. The molecule has 1 heterocycles. The third-order valence-corrected chi connectivity index (χ3v) is 3.65. The SMILES string of the molecule is CCc1cnc(Nc2cc(OC)ccc2C)s1. The van der Waals surface area contributed by atoms with Gasteiger partial charge in [0.1, 0.15) is 5.75 Å². The van der Waals surface area contributed by atoms with Gasteiger partial charge in [-0.15, -0.1) is 11.3 Å². The van der Waals surface area contributed by atoms with Crippen LogP contribution in [0.15, 0.2) is 24.4 Å². The first-order valence-corrected chi connectivity index (χ1v) is 6.41. The zero-order valence-corrected chi connectivity index (χ0v) is 11.1. The maximum atomic E-state index is 5.22. The van der Waals surface area contributed by atoms with Crippen LogP contribution in [0.2, 0.25) is 0 Å². The molecule has 2 rings (SSSR count). The van der Waals surface area contributed by atoms with E-state index in [1.54, 1.807) is 18.4 Å². The molecule has 0 bridgehead atoms. The molecule has 1 N–H and O–H groups in total. The van der Waals surface area contributed by atoms with E-state index in [2.05, 4.69) is 24.1 Å². The largest absolute Gasteiger partial charge is 0.497 e. The highest BCUT2D eigenvalue weighted by Gasteiger charge is 2.04. The quantitative estimate of drug-likeness (QED) is 0.894. The molecule has 0 amide bonds. The van der Waals surface area contributed by atoms with E-state index >= 15 is 0 Å². The second-order valence-corrected chi connectivity index (χ2v) is 4.91. The average Bonchev–Trinajstić information content (AvgIpc) is 2.80. The first-order valence-electron chi connectivity index (χ1n) is 5.59. The van der Waals surface area contributed by atoms with Crippen LogP contribution in [-0.2, 0) is 6.42 Å². The molecule has 0 aliphatic carbocycles. The monoisotopic (exact) mass is 248 g/mol. The third-order valence-electron chi connectivity index (χ3n) is 2.59. The number of aromatic nitrogens is 1. The van der Waals surface area contributed by atoms with Crippen molar-refractivity contribution in [3.63, 3.8) is 0 Å². The lowest BCUT2D eigenvalue weighted by atomic mass is 10.2. The summed E-state index contributed by atoms with van der Waals surface area (Å²) in [6, 6.07) is 5.98. The fourth-order valence-electron chi connectivity index (χ4n) is 1.51. The van der Waals surface area contributed by atoms with E-state index < -0.39 is 0 Å². The highest BCUT2D eigenvalue weighted by atomic mass is 32.1. The Morgan fingerprint density at radius 1 is 1.41 bits per heavy atom. The molecule has 0 fully saturated rings. The van der Waals surface area contributed by atoms with Crippen molar-refractivity contribution in [1.82, 2.24) is 4.98 Å². The zero-order valence-electron chi connectivity index (χ0n) is 10.3. The van der Waals surface area contributed by atoms with E-state index in [1.165, 1.54) is 10.4 Å². The number of benzene rings is 1. The van der Waals surface area contributed by atoms with Gasteiger partial charge in [-0.05, 0) is 25.0 Å². The van der Waals surface area contributed by atoms with Gasteiger partial charge in [-0.1, -0.05) is 13.0 Å². The fourth-order valence-corrected chi connectivity index (χ4v) is 2.27. The maximum Gasteiger partial charge on any atom is 0.187 e. The first kappa shape index (κ1) is 11.9. The van der Waals surface area contributed by atoms with Gasteiger partial charge in [0, 0.05) is 22.8 Å². The van der Waals surface area contributed by atoms with Gasteiger partial charge < -0.3 is 10.1 Å². The number of hydrogen-bond acceptors (Lipinski definition) is 4. The summed E-state index contributed by atoms with van der Waals surface area (Å²) in [5.74, 6) is 0.852. The maximum absolute atomic E-state index is 5.22. The summed E-state index contributed by atoms with van der Waals surface area (Å²) >= 11 is 1.69. The smallest absolute Gasteiger partial charge is 0.187 e. The Kier molecular flexibility index (Phi) is 3.64. The van der Waals surface area contributed by atoms with Gasteiger partial charge in [-0.25, -0.2) is 4.98 Å². The Balaban J connectivity index is 2.22. The molecule has 3 nitrogen and oxygen atoms in total. The van der Waals surface area contributed by atoms with Crippen molar-refractivity contribution in [3.8, 4) is 5.75 Å². The molecule has 1 aromatic carbocycles. The van der Waals surface area contributed by atoms with E-state index in [-0.39, 0.29) is 0 Å². The molecule has 1 aromatic heterocycles. The summed E-state index contributed by atoms with van der Waals surface area (Å²) < 4.78 is 5.22. The molecule has 90 valence electrons. The molecule has 4 heteroatoms. The Bertz CT molecular complexity index is 508. The second kappa shape index (κ2) is 5.19. The topological polar surface area (TPSA) is 34.2 Å². The molecule has 0 saturated carbocycles. The van der Waals surface area contributed by atoms with Gasteiger partial charge >= 0.3 is 0 Å². The van der Waals surface area contributed by atoms with Crippen molar-refractivity contribution in [3.05, 3.63) is 34.8 Å². The molecular formula is C13H16N2OS. The van der Waals surface area contributed by atoms with Gasteiger partial charge in [0.25, 0.3) is 0 Å². The van der Waals surface area contributed by atoms with E-state index in [0.29, 0.717) is 0 Å². The fraction of sp³-hybridized carbons (Fsp3) is 0.308. The van der Waals surface area contributed by atoms with Crippen molar-refractivity contribution in [2.45, 2.75) is 20.3 Å². The standard InChI is InChI=1S/C13H16N2OS/c1-4-11-8-14-13(17-11)15-12-7-10(16-3)6-5-9(12)2/h5-8H,4H2,1-3H3,(H,14,15). The zero-order chi connectivity index (χ0) is 12.3. The molecule has 0 atom stereocenters. The molecule has 0 unspecified atom stereocenters. The lowest BCUT2D eigenvalue weighted by molar-refractivity contribution is 0.415. The highest BCUT2D eigenvalue weighted by Crippen LogP contribution is 2.27. The number of hydrogen-bond donors (Lipinski definition) is 1. The van der Waals surface area contributed by atoms with Crippen LogP contribution in [0.5, 0.6) is 5.75 Å². The van der Waals surface area contributed by atoms with Crippen LogP contribution < -0.4 is 10.1 Å². The van der Waals surface area contributed by atoms with E-state index in [1.807, 2.05) is 24.4 Å². The van der Waals surface area contributed by atoms with Crippen molar-refractivity contribution in [2.24, 2.45) is 0 Å². The van der Waals surface area contributed by atoms with Crippen LogP contribution in [0.3, 0.4) is 0 Å². The number of aryl methyl sites for hydroxylation is 2. The number of nitrogens with zero attached hydrogens (tertiary/aromatic N) is 1. The van der Waals surface area contributed by atoms with Crippen LogP contribution in [0.1, 0.15) is 17.4 Å². The Hall–Kier alpha value is -1.55. The van der Waals surface area contributed by atoms with E-state index in [0.717, 1.165) is 23.0 Å². The number of anilines is 2. The molecular weight excluding hydrogens is 232 g/mol. The predicted molar refractivity (Wildman–Crippen MR) is 72.5 cm³/mol. The number of methoxy groups -OCH3 is 1. The molecule has 0 aliphatic rings. The summed E-state index contributed by atoms with van der Waals surface area (Å²) in [6.45, 7) is 4.20. The number of rotatable bonds is 4. The van der Waals surface area contributed by atoms with Crippen LogP contribution >= 0.6 is 11.3 Å². The summed E-state index contributed by atoms with van der Waals surface area (Å²) in [7, 11) is 1.67. The molecule has 0 spiro atoms. The molecule has 0 aliphatic heterocycles. The van der Waals surface area contributed by atoms with Gasteiger partial charge in [0.15, 0.2) is 5.13 Å². The summed E-state index contributed by atoms with van der Waals surface area (Å²) in [6.07, 6.45) is 2.94. The lowest BCUT2D eigenvalue weighted by Crippen LogP contribution is -1.93. The first-order chi connectivity index (χ1) is 8.22. The van der Waals surface area contributed by atoms with Crippen LogP contribution in [0, 0.1) is 6.92 Å². The van der Waals surface area contributed by atoms with Crippen LogP contribution in [0.25, 0.3) is 0 Å². The van der Waals surface area contributed by atoms with Gasteiger partial charge in [-0.2, -0.15) is 0 Å². The van der Waals surface area contributed by atoms with Crippen LogP contribution in [-0.4, -0.2) is 12.1 Å². The van der Waals surface area contributed by atoms with E-state index in [9.17, 15) is 0 Å². The predicted octanol–water partition coefficient (Wildman–Crippen LogP) is 3.77. The van der Waals surface area contributed by atoms with Crippen LogP contribution in [0.4, 0.5) is 10.8 Å². The Labute approximate surface area is 105 Å². The third kappa shape index (κ3) is 2.77. The van der Waals surface area contributed by atoms with Crippen molar-refractivity contribution >= 4 is 22.2 Å². The van der Waals surface area contributed by atoms with Crippen molar-refractivity contribution < 1.29 is 4.74 Å². The minimum atomic E-state index is 0.852. The highest BCUT2D eigenvalue weighted by molar-refractivity contribution is 7.15. The lowest BCUT2D eigenvalue weighted by Gasteiger charge is -2.08. The van der Waals surface area contributed by atoms with E-state index in [4.69, 9.17) is 4.74 Å².